The molecule has 0 bridgehead atoms. The average molecular weight is 489 g/mol. The number of amides is 3. The molecule has 1 saturated heterocycles. The van der Waals surface area contributed by atoms with E-state index in [0.717, 1.165) is 18.8 Å². The Morgan fingerprint density at radius 1 is 1.12 bits per heavy atom. The summed E-state index contributed by atoms with van der Waals surface area (Å²) in [6.45, 7) is 2.96. The van der Waals surface area contributed by atoms with Crippen LogP contribution < -0.4 is 20.9 Å². The van der Waals surface area contributed by atoms with Crippen LogP contribution in [-0.2, 0) is 9.53 Å². The highest BCUT2D eigenvalue weighted by Gasteiger charge is 2.29. The lowest BCUT2D eigenvalue weighted by Gasteiger charge is -2.30. The number of nitrogens with one attached hydrogen (secondary N) is 4. The predicted octanol–water partition coefficient (Wildman–Crippen LogP) is 2.19. The van der Waals surface area contributed by atoms with E-state index in [2.05, 4.69) is 30.8 Å². The molecular weight excluding hydrogens is 460 g/mol. The highest BCUT2D eigenvalue weighted by Crippen LogP contribution is 2.31. The second kappa shape index (κ2) is 10.9. The van der Waals surface area contributed by atoms with Gasteiger partial charge in [0.25, 0.3) is 11.8 Å². The number of H-pyrrole nitrogens is 1. The molecule has 1 aliphatic heterocycles. The van der Waals surface area contributed by atoms with Gasteiger partial charge in [-0.05, 0) is 43.9 Å². The van der Waals surface area contributed by atoms with Gasteiger partial charge in [-0.2, -0.15) is 0 Å². The number of ether oxygens (including phenoxy) is 1. The molecule has 1 saturated carbocycles. The molecule has 0 spiro atoms. The number of hydrogen-bond acceptors (Lipinski definition) is 6. The fourth-order valence-electron chi connectivity index (χ4n) is 4.38. The summed E-state index contributed by atoms with van der Waals surface area (Å²) in [6.07, 6.45) is 3.93. The lowest BCUT2D eigenvalue weighted by atomic mass is 9.85. The third kappa shape index (κ3) is 5.51. The fourth-order valence-corrected chi connectivity index (χ4v) is 4.54. The van der Waals surface area contributed by atoms with E-state index in [0.29, 0.717) is 49.6 Å². The number of aromatic nitrogens is 2. The molecule has 34 heavy (non-hydrogen) atoms. The SMILES string of the molecule is CNC(=O)c1nc[nH]c1C(=O)N[C@H]1CC[C@H](C(=O)Nc2cc(N3CCOCC3)ccc2Cl)CC1. The Morgan fingerprint density at radius 3 is 2.56 bits per heavy atom. The molecule has 3 amide bonds. The minimum absolute atomic E-state index is 0.0595. The number of aromatic amines is 1. The average Bonchev–Trinajstić information content (AvgIpc) is 3.36. The summed E-state index contributed by atoms with van der Waals surface area (Å²) in [7, 11) is 1.48. The minimum atomic E-state index is -0.428. The monoisotopic (exact) mass is 488 g/mol. The van der Waals surface area contributed by atoms with Gasteiger partial charge in [-0.15, -0.1) is 0 Å². The van der Waals surface area contributed by atoms with Gasteiger partial charge in [0.1, 0.15) is 5.69 Å². The lowest BCUT2D eigenvalue weighted by Crippen LogP contribution is -2.40. The van der Waals surface area contributed by atoms with Crippen molar-refractivity contribution >= 4 is 40.7 Å². The normalized spacial score (nSPS) is 20.5. The Balaban J connectivity index is 1.31. The summed E-state index contributed by atoms with van der Waals surface area (Å²) in [5, 5.41) is 8.90. The quantitative estimate of drug-likeness (QED) is 0.493. The topological polar surface area (TPSA) is 128 Å². The molecule has 182 valence electrons. The Kier molecular flexibility index (Phi) is 7.69. The Labute approximate surface area is 202 Å². The summed E-state index contributed by atoms with van der Waals surface area (Å²) in [6, 6.07) is 5.58. The zero-order valence-corrected chi connectivity index (χ0v) is 19.8. The van der Waals surface area contributed by atoms with Crippen LogP contribution in [0.1, 0.15) is 46.7 Å². The van der Waals surface area contributed by atoms with Gasteiger partial charge < -0.3 is 30.6 Å². The van der Waals surface area contributed by atoms with Crippen LogP contribution in [0.4, 0.5) is 11.4 Å². The van der Waals surface area contributed by atoms with Crippen molar-refractivity contribution < 1.29 is 19.1 Å². The summed E-state index contributed by atoms with van der Waals surface area (Å²) in [5.41, 5.74) is 1.80. The molecule has 1 aromatic carbocycles. The maximum atomic E-state index is 12.9. The second-order valence-corrected chi connectivity index (χ2v) is 8.89. The number of benzene rings is 1. The van der Waals surface area contributed by atoms with Crippen LogP contribution in [0.3, 0.4) is 0 Å². The largest absolute Gasteiger partial charge is 0.378 e. The zero-order chi connectivity index (χ0) is 24.1. The Morgan fingerprint density at radius 2 is 1.85 bits per heavy atom. The van der Waals surface area contributed by atoms with Crippen molar-refractivity contribution in [1.29, 1.82) is 0 Å². The van der Waals surface area contributed by atoms with Gasteiger partial charge >= 0.3 is 0 Å². The zero-order valence-electron chi connectivity index (χ0n) is 19.0. The third-order valence-electron chi connectivity index (χ3n) is 6.33. The molecule has 4 rings (SSSR count). The van der Waals surface area contributed by atoms with E-state index in [4.69, 9.17) is 16.3 Å². The summed E-state index contributed by atoms with van der Waals surface area (Å²) in [4.78, 5) is 46.2. The molecule has 2 fully saturated rings. The second-order valence-electron chi connectivity index (χ2n) is 8.48. The van der Waals surface area contributed by atoms with Crippen LogP contribution in [0.15, 0.2) is 24.5 Å². The number of hydrogen-bond donors (Lipinski definition) is 4. The van der Waals surface area contributed by atoms with Gasteiger partial charge in [0.2, 0.25) is 5.91 Å². The molecule has 2 heterocycles. The van der Waals surface area contributed by atoms with Gasteiger partial charge in [-0.1, -0.05) is 11.6 Å². The molecule has 4 N–H and O–H groups in total. The molecule has 0 atom stereocenters. The first kappa shape index (κ1) is 24.0. The number of nitrogens with zero attached hydrogens (tertiary/aromatic N) is 2. The van der Waals surface area contributed by atoms with Crippen LogP contribution in [0.25, 0.3) is 0 Å². The van der Waals surface area contributed by atoms with E-state index in [1.807, 2.05) is 12.1 Å². The van der Waals surface area contributed by atoms with Crippen molar-refractivity contribution in [1.82, 2.24) is 20.6 Å². The number of morpholine rings is 1. The van der Waals surface area contributed by atoms with Gasteiger partial charge in [0.15, 0.2) is 5.69 Å². The van der Waals surface area contributed by atoms with Crippen LogP contribution in [0.5, 0.6) is 0 Å². The minimum Gasteiger partial charge on any atom is -0.378 e. The molecule has 2 aliphatic rings. The van der Waals surface area contributed by atoms with E-state index < -0.39 is 5.91 Å². The maximum absolute atomic E-state index is 12.9. The summed E-state index contributed by atoms with van der Waals surface area (Å²) in [5.74, 6) is -1.04. The Bertz CT molecular complexity index is 1040. The first-order valence-corrected chi connectivity index (χ1v) is 11.8. The number of anilines is 2. The molecule has 1 aliphatic carbocycles. The van der Waals surface area contributed by atoms with E-state index in [1.54, 1.807) is 6.07 Å². The third-order valence-corrected chi connectivity index (χ3v) is 6.66. The van der Waals surface area contributed by atoms with Gasteiger partial charge in [-0.25, -0.2) is 4.98 Å². The predicted molar refractivity (Wildman–Crippen MR) is 128 cm³/mol. The van der Waals surface area contributed by atoms with Gasteiger partial charge in [0.05, 0.1) is 30.3 Å². The highest BCUT2D eigenvalue weighted by atomic mass is 35.5. The van der Waals surface area contributed by atoms with Gasteiger partial charge in [0, 0.05) is 37.8 Å². The van der Waals surface area contributed by atoms with Crippen LogP contribution in [0.2, 0.25) is 5.02 Å². The number of carbonyl (C=O) groups excluding carboxylic acids is 3. The summed E-state index contributed by atoms with van der Waals surface area (Å²) < 4.78 is 5.41. The van der Waals surface area contributed by atoms with Gasteiger partial charge in [-0.3, -0.25) is 14.4 Å². The number of rotatable bonds is 6. The van der Waals surface area contributed by atoms with Crippen LogP contribution in [-0.4, -0.2) is 67.1 Å². The number of halogens is 1. The van der Waals surface area contributed by atoms with E-state index >= 15 is 0 Å². The lowest BCUT2D eigenvalue weighted by molar-refractivity contribution is -0.120. The first-order valence-electron chi connectivity index (χ1n) is 11.5. The first-order chi connectivity index (χ1) is 16.5. The van der Waals surface area contributed by atoms with E-state index in [1.165, 1.54) is 13.4 Å². The van der Waals surface area contributed by atoms with E-state index in [-0.39, 0.29) is 35.2 Å². The summed E-state index contributed by atoms with van der Waals surface area (Å²) >= 11 is 6.35. The van der Waals surface area contributed by atoms with Crippen LogP contribution >= 0.6 is 11.6 Å². The molecule has 2 aromatic rings. The van der Waals surface area contributed by atoms with Crippen molar-refractivity contribution in [3.8, 4) is 0 Å². The Hall–Kier alpha value is -3.11. The van der Waals surface area contributed by atoms with Crippen molar-refractivity contribution in [2.45, 2.75) is 31.7 Å². The molecular formula is C23H29ClN6O4. The molecule has 1 aromatic heterocycles. The smallest absolute Gasteiger partial charge is 0.272 e. The van der Waals surface area contributed by atoms with Crippen molar-refractivity contribution in [2.75, 3.05) is 43.6 Å². The highest BCUT2D eigenvalue weighted by molar-refractivity contribution is 6.33. The number of carbonyl (C=O) groups is 3. The molecule has 0 radical (unpaired) electrons. The molecule has 0 unspecified atom stereocenters. The van der Waals surface area contributed by atoms with Crippen molar-refractivity contribution in [2.24, 2.45) is 5.92 Å². The number of imidazole rings is 1. The van der Waals surface area contributed by atoms with E-state index in [9.17, 15) is 14.4 Å². The standard InChI is InChI=1S/C23H29ClN6O4/c1-25-22(32)19-20(27-13-26-19)23(33)28-15-4-2-14(3-5-15)21(31)29-18-12-16(6-7-17(18)24)30-8-10-34-11-9-30/h6-7,12-15H,2-5,8-11H2,1H3,(H,25,32)(H,26,27)(H,28,33)(H,29,31)/t14-,15-. The van der Waals surface area contributed by atoms with Crippen molar-refractivity contribution in [3.05, 3.63) is 40.9 Å². The molecule has 10 nitrogen and oxygen atoms in total. The fraction of sp³-hybridized carbons (Fsp3) is 0.478. The molecule has 11 heteroatoms. The van der Waals surface area contributed by atoms with Crippen molar-refractivity contribution in [3.63, 3.8) is 0 Å². The van der Waals surface area contributed by atoms with Crippen LogP contribution in [0, 0.1) is 5.92 Å². The maximum Gasteiger partial charge on any atom is 0.272 e.